The van der Waals surface area contributed by atoms with Crippen molar-refractivity contribution < 1.29 is 22.1 Å². The van der Waals surface area contributed by atoms with Crippen LogP contribution < -0.4 is 8.92 Å². The van der Waals surface area contributed by atoms with Crippen LogP contribution in [-0.2, 0) is 14.9 Å². The highest BCUT2D eigenvalue weighted by molar-refractivity contribution is 9.10. The number of aliphatic imine (C=N–C) groups is 1. The molecule has 0 aromatic heterocycles. The third-order valence-electron chi connectivity index (χ3n) is 4.76. The SMILES string of the molecule is COc1cc(/C=C2\C(=N)N3C=C(C)SC3=NC2=O)cc(Br)c1OS(=O)(=O)c1ccc(C)cc1. The van der Waals surface area contributed by atoms with Crippen LogP contribution in [0.4, 0.5) is 0 Å². The Labute approximate surface area is 203 Å². The van der Waals surface area contributed by atoms with E-state index in [1.165, 1.54) is 43.1 Å². The van der Waals surface area contributed by atoms with Gasteiger partial charge in [-0.1, -0.05) is 29.5 Å². The number of benzene rings is 2. The van der Waals surface area contributed by atoms with Gasteiger partial charge in [-0.05, 0) is 65.7 Å². The molecule has 4 rings (SSSR count). The molecule has 2 aliphatic heterocycles. The predicted molar refractivity (Wildman–Crippen MR) is 131 cm³/mol. The average molecular weight is 548 g/mol. The maximum absolute atomic E-state index is 12.7. The lowest BCUT2D eigenvalue weighted by atomic mass is 10.1. The Hall–Kier alpha value is -2.89. The predicted octanol–water partition coefficient (Wildman–Crippen LogP) is 4.70. The van der Waals surface area contributed by atoms with Gasteiger partial charge in [-0.2, -0.15) is 13.4 Å². The molecule has 170 valence electrons. The number of methoxy groups -OCH3 is 1. The first-order valence-corrected chi connectivity index (χ1v) is 12.6. The summed E-state index contributed by atoms with van der Waals surface area (Å²) in [6.45, 7) is 3.73. The number of nitrogens with one attached hydrogen (secondary N) is 1. The Morgan fingerprint density at radius 2 is 1.88 bits per heavy atom. The van der Waals surface area contributed by atoms with Crippen LogP contribution in [0, 0.1) is 12.3 Å². The summed E-state index contributed by atoms with van der Waals surface area (Å²) in [6.07, 6.45) is 3.25. The molecule has 0 saturated carbocycles. The minimum atomic E-state index is -4.10. The van der Waals surface area contributed by atoms with Gasteiger partial charge < -0.3 is 8.92 Å². The second kappa shape index (κ2) is 8.81. The number of carbonyl (C=O) groups excluding carboxylic acids is 1. The number of amides is 1. The molecule has 8 nitrogen and oxygen atoms in total. The lowest BCUT2D eigenvalue weighted by Crippen LogP contribution is -2.35. The van der Waals surface area contributed by atoms with Crippen LogP contribution in [0.1, 0.15) is 18.1 Å². The summed E-state index contributed by atoms with van der Waals surface area (Å²) >= 11 is 4.66. The van der Waals surface area contributed by atoms with Gasteiger partial charge in [-0.25, -0.2) is 0 Å². The highest BCUT2D eigenvalue weighted by atomic mass is 79.9. The number of ether oxygens (including phenoxy) is 1. The quantitative estimate of drug-likeness (QED) is 0.426. The summed E-state index contributed by atoms with van der Waals surface area (Å²) < 4.78 is 36.5. The summed E-state index contributed by atoms with van der Waals surface area (Å²) in [5, 5.41) is 8.86. The van der Waals surface area contributed by atoms with E-state index in [1.807, 2.05) is 13.8 Å². The molecule has 0 spiro atoms. The van der Waals surface area contributed by atoms with Gasteiger partial charge in [0.25, 0.3) is 5.91 Å². The fourth-order valence-electron chi connectivity index (χ4n) is 3.14. The van der Waals surface area contributed by atoms with Crippen LogP contribution in [-0.4, -0.2) is 37.3 Å². The van der Waals surface area contributed by atoms with Gasteiger partial charge in [-0.3, -0.25) is 15.1 Å². The maximum Gasteiger partial charge on any atom is 0.339 e. The minimum absolute atomic E-state index is 0.00622. The molecule has 0 bridgehead atoms. The first kappa shape index (κ1) is 23.3. The first-order chi connectivity index (χ1) is 15.6. The van der Waals surface area contributed by atoms with Crippen molar-refractivity contribution in [3.05, 3.63) is 68.7 Å². The van der Waals surface area contributed by atoms with Gasteiger partial charge in [-0.15, -0.1) is 0 Å². The number of amidine groups is 2. The molecule has 2 heterocycles. The second-order valence-electron chi connectivity index (χ2n) is 7.20. The van der Waals surface area contributed by atoms with E-state index in [0.29, 0.717) is 15.2 Å². The summed E-state index contributed by atoms with van der Waals surface area (Å²) in [6, 6.07) is 9.39. The Kier molecular flexibility index (Phi) is 6.21. The van der Waals surface area contributed by atoms with E-state index >= 15 is 0 Å². The van der Waals surface area contributed by atoms with Gasteiger partial charge in [0.15, 0.2) is 16.7 Å². The van der Waals surface area contributed by atoms with Crippen molar-refractivity contribution in [2.75, 3.05) is 7.11 Å². The van der Waals surface area contributed by atoms with E-state index in [2.05, 4.69) is 20.9 Å². The second-order valence-corrected chi connectivity index (χ2v) is 10.8. The van der Waals surface area contributed by atoms with Gasteiger partial charge in [0.1, 0.15) is 10.7 Å². The molecule has 2 aromatic rings. The fourth-order valence-corrected chi connectivity index (χ4v) is 5.56. The third kappa shape index (κ3) is 4.61. The third-order valence-corrected chi connectivity index (χ3v) is 7.48. The van der Waals surface area contributed by atoms with E-state index in [4.69, 9.17) is 14.3 Å². The zero-order chi connectivity index (χ0) is 23.9. The van der Waals surface area contributed by atoms with E-state index in [9.17, 15) is 13.2 Å². The highest BCUT2D eigenvalue weighted by Gasteiger charge is 2.33. The van der Waals surface area contributed by atoms with Crippen molar-refractivity contribution in [3.8, 4) is 11.5 Å². The lowest BCUT2D eigenvalue weighted by Gasteiger charge is -2.22. The van der Waals surface area contributed by atoms with Crippen LogP contribution in [0.5, 0.6) is 11.5 Å². The van der Waals surface area contributed by atoms with Crippen molar-refractivity contribution in [1.82, 2.24) is 4.90 Å². The van der Waals surface area contributed by atoms with Gasteiger partial charge in [0.2, 0.25) is 0 Å². The maximum atomic E-state index is 12.7. The normalized spacial score (nSPS) is 17.1. The smallest absolute Gasteiger partial charge is 0.339 e. The van der Waals surface area contributed by atoms with Crippen molar-refractivity contribution in [3.63, 3.8) is 0 Å². The van der Waals surface area contributed by atoms with Crippen molar-refractivity contribution in [1.29, 1.82) is 5.41 Å². The molecule has 0 unspecified atom stereocenters. The Bertz CT molecular complexity index is 1380. The molecule has 2 aromatic carbocycles. The number of thioether (sulfide) groups is 1. The molecular weight excluding hydrogens is 530 g/mol. The molecular formula is C22H18BrN3O5S2. The molecule has 2 aliphatic rings. The van der Waals surface area contributed by atoms with Crippen LogP contribution in [0.2, 0.25) is 0 Å². The molecule has 0 saturated heterocycles. The Morgan fingerprint density at radius 3 is 2.55 bits per heavy atom. The standard InChI is InChI=1S/C22H18BrN3O5S2/c1-12-4-6-15(7-5-12)33(28,29)31-19-17(23)9-14(10-18(19)30-3)8-16-20(24)26-11-13(2)32-22(26)25-21(16)27/h4-11,24H,1-3H3/b16-8+,24-20?. The molecule has 11 heteroatoms. The lowest BCUT2D eigenvalue weighted by molar-refractivity contribution is -0.114. The number of fused-ring (bicyclic) bond motifs is 1. The van der Waals surface area contributed by atoms with Crippen molar-refractivity contribution in [2.45, 2.75) is 18.7 Å². The number of rotatable bonds is 5. The summed E-state index contributed by atoms with van der Waals surface area (Å²) in [7, 11) is -2.73. The Balaban J connectivity index is 1.69. The molecule has 1 N–H and O–H groups in total. The van der Waals surface area contributed by atoms with E-state index in [1.54, 1.807) is 29.3 Å². The molecule has 0 atom stereocenters. The van der Waals surface area contributed by atoms with Gasteiger partial charge in [0.05, 0.1) is 17.2 Å². The average Bonchev–Trinajstić information content (AvgIpc) is 3.13. The van der Waals surface area contributed by atoms with Gasteiger partial charge >= 0.3 is 10.1 Å². The Morgan fingerprint density at radius 1 is 1.18 bits per heavy atom. The van der Waals surface area contributed by atoms with E-state index in [0.717, 1.165) is 10.5 Å². The highest BCUT2D eigenvalue weighted by Crippen LogP contribution is 2.39. The van der Waals surface area contributed by atoms with Crippen molar-refractivity contribution in [2.24, 2.45) is 4.99 Å². The molecule has 0 aliphatic carbocycles. The van der Waals surface area contributed by atoms with Crippen molar-refractivity contribution >= 4 is 60.8 Å². The molecule has 1 amide bonds. The van der Waals surface area contributed by atoms with E-state index in [-0.39, 0.29) is 27.8 Å². The van der Waals surface area contributed by atoms with Crippen LogP contribution in [0.25, 0.3) is 6.08 Å². The van der Waals surface area contributed by atoms with Gasteiger partial charge in [0, 0.05) is 11.1 Å². The monoisotopic (exact) mass is 547 g/mol. The number of halogens is 1. The topological polar surface area (TPSA) is 109 Å². The van der Waals surface area contributed by atoms with Crippen LogP contribution >= 0.6 is 27.7 Å². The number of hydrogen-bond acceptors (Lipinski definition) is 7. The zero-order valence-corrected chi connectivity index (χ0v) is 21.0. The summed E-state index contributed by atoms with van der Waals surface area (Å²) in [4.78, 5) is 19.1. The molecule has 0 fully saturated rings. The molecule has 0 radical (unpaired) electrons. The zero-order valence-electron chi connectivity index (χ0n) is 17.7. The number of nitrogens with zero attached hydrogens (tertiary/aromatic N) is 2. The number of allylic oxidation sites excluding steroid dienone is 1. The minimum Gasteiger partial charge on any atom is -0.493 e. The summed E-state index contributed by atoms with van der Waals surface area (Å²) in [5.74, 6) is -0.413. The number of carbonyl (C=O) groups is 1. The van der Waals surface area contributed by atoms with E-state index < -0.39 is 16.0 Å². The van der Waals surface area contributed by atoms with Crippen LogP contribution in [0.15, 0.2) is 67.4 Å². The largest absolute Gasteiger partial charge is 0.493 e. The fraction of sp³-hybridized carbons (Fsp3) is 0.136. The first-order valence-electron chi connectivity index (χ1n) is 9.57. The molecule has 33 heavy (non-hydrogen) atoms. The van der Waals surface area contributed by atoms with Crippen LogP contribution in [0.3, 0.4) is 0 Å². The number of aryl methyl sites for hydroxylation is 1. The number of hydrogen-bond donors (Lipinski definition) is 1. The summed E-state index contributed by atoms with van der Waals surface area (Å²) in [5.41, 5.74) is 1.51.